The highest BCUT2D eigenvalue weighted by Gasteiger charge is 2.35. The molecule has 5 nitrogen and oxygen atoms in total. The Labute approximate surface area is 141 Å². The van der Waals surface area contributed by atoms with Crippen molar-refractivity contribution < 1.29 is 19.4 Å². The van der Waals surface area contributed by atoms with Gasteiger partial charge in [0, 0.05) is 12.7 Å². The first-order chi connectivity index (χ1) is 11.7. The van der Waals surface area contributed by atoms with Gasteiger partial charge < -0.3 is 19.5 Å². The molecule has 24 heavy (non-hydrogen) atoms. The minimum atomic E-state index is -0.693. The van der Waals surface area contributed by atoms with E-state index in [1.807, 2.05) is 42.5 Å². The molecule has 2 aromatic rings. The molecule has 126 valence electrons. The Hall–Kier alpha value is -2.37. The van der Waals surface area contributed by atoms with E-state index in [1.165, 1.54) is 0 Å². The number of β-amino-alcohol motifs (C(OH)–C–C–N with tert-alkyl or cyclic N) is 1. The Morgan fingerprint density at radius 3 is 2.50 bits per heavy atom. The highest BCUT2D eigenvalue weighted by atomic mass is 16.5. The van der Waals surface area contributed by atoms with E-state index < -0.39 is 12.2 Å². The smallest absolute Gasteiger partial charge is 0.254 e. The summed E-state index contributed by atoms with van der Waals surface area (Å²) in [5.74, 6) is 0.594. The number of benzene rings is 2. The first-order valence-electron chi connectivity index (χ1n) is 7.94. The number of rotatable bonds is 5. The second-order valence-corrected chi connectivity index (χ2v) is 5.88. The van der Waals surface area contributed by atoms with Gasteiger partial charge in [0.25, 0.3) is 5.91 Å². The van der Waals surface area contributed by atoms with E-state index in [0.717, 1.165) is 5.56 Å². The highest BCUT2D eigenvalue weighted by molar-refractivity contribution is 5.94. The summed E-state index contributed by atoms with van der Waals surface area (Å²) in [7, 11) is 1.64. The molecule has 3 rings (SSSR count). The van der Waals surface area contributed by atoms with Crippen molar-refractivity contribution >= 4 is 5.91 Å². The number of aliphatic hydroxyl groups excluding tert-OH is 1. The van der Waals surface area contributed by atoms with Gasteiger partial charge in [0.05, 0.1) is 19.7 Å². The first kappa shape index (κ1) is 16.5. The number of para-hydroxylation sites is 1. The SMILES string of the molecule is COCc1ccc(C(=O)N2C[C@@H](O)[C@H](Oc3ccccc3)C2)cc1. The van der Waals surface area contributed by atoms with Crippen molar-refractivity contribution in [2.75, 3.05) is 20.2 Å². The van der Waals surface area contributed by atoms with E-state index in [-0.39, 0.29) is 12.5 Å². The van der Waals surface area contributed by atoms with Crippen LogP contribution in [0.5, 0.6) is 5.75 Å². The molecular weight excluding hydrogens is 306 g/mol. The lowest BCUT2D eigenvalue weighted by molar-refractivity contribution is 0.0729. The molecule has 1 saturated heterocycles. The van der Waals surface area contributed by atoms with E-state index in [2.05, 4.69) is 0 Å². The van der Waals surface area contributed by atoms with Gasteiger partial charge in [0.2, 0.25) is 0 Å². The molecule has 1 fully saturated rings. The van der Waals surface area contributed by atoms with Crippen molar-refractivity contribution in [2.45, 2.75) is 18.8 Å². The summed E-state index contributed by atoms with van der Waals surface area (Å²) in [4.78, 5) is 14.2. The number of carbonyl (C=O) groups excluding carboxylic acids is 1. The molecule has 2 atom stereocenters. The van der Waals surface area contributed by atoms with Crippen molar-refractivity contribution in [1.82, 2.24) is 4.90 Å². The van der Waals surface area contributed by atoms with Crippen LogP contribution in [-0.2, 0) is 11.3 Å². The van der Waals surface area contributed by atoms with Gasteiger partial charge in [-0.3, -0.25) is 4.79 Å². The number of amides is 1. The van der Waals surface area contributed by atoms with Crippen LogP contribution in [0.15, 0.2) is 54.6 Å². The topological polar surface area (TPSA) is 59.0 Å². The summed E-state index contributed by atoms with van der Waals surface area (Å²) in [6, 6.07) is 16.7. The number of likely N-dealkylation sites (tertiary alicyclic amines) is 1. The second-order valence-electron chi connectivity index (χ2n) is 5.88. The Morgan fingerprint density at radius 2 is 1.83 bits per heavy atom. The van der Waals surface area contributed by atoms with Crippen LogP contribution in [0, 0.1) is 0 Å². The summed E-state index contributed by atoms with van der Waals surface area (Å²) < 4.78 is 10.9. The lowest BCUT2D eigenvalue weighted by Crippen LogP contribution is -2.31. The summed E-state index contributed by atoms with van der Waals surface area (Å²) in [6.07, 6.45) is -1.11. The largest absolute Gasteiger partial charge is 0.486 e. The quantitative estimate of drug-likeness (QED) is 0.914. The van der Waals surface area contributed by atoms with E-state index >= 15 is 0 Å². The predicted octanol–water partition coefficient (Wildman–Crippen LogP) is 2.10. The minimum Gasteiger partial charge on any atom is -0.486 e. The molecule has 1 N–H and O–H groups in total. The van der Waals surface area contributed by atoms with Gasteiger partial charge in [0.15, 0.2) is 0 Å². The lowest BCUT2D eigenvalue weighted by atomic mass is 10.1. The first-order valence-corrected chi connectivity index (χ1v) is 7.94. The summed E-state index contributed by atoms with van der Waals surface area (Å²) in [5, 5.41) is 10.2. The predicted molar refractivity (Wildman–Crippen MR) is 89.9 cm³/mol. The highest BCUT2D eigenvalue weighted by Crippen LogP contribution is 2.20. The molecule has 0 saturated carbocycles. The van der Waals surface area contributed by atoms with Crippen LogP contribution in [0.2, 0.25) is 0 Å². The minimum absolute atomic E-state index is 0.0998. The molecule has 5 heteroatoms. The van der Waals surface area contributed by atoms with Crippen LogP contribution in [0.3, 0.4) is 0 Å². The van der Waals surface area contributed by atoms with Crippen molar-refractivity contribution in [2.24, 2.45) is 0 Å². The zero-order chi connectivity index (χ0) is 16.9. The summed E-state index contributed by atoms with van der Waals surface area (Å²) >= 11 is 0. The average molecular weight is 327 g/mol. The molecule has 0 aromatic heterocycles. The van der Waals surface area contributed by atoms with Crippen LogP contribution < -0.4 is 4.74 Å². The van der Waals surface area contributed by atoms with Gasteiger partial charge in [-0.2, -0.15) is 0 Å². The number of carbonyl (C=O) groups is 1. The van der Waals surface area contributed by atoms with E-state index in [0.29, 0.717) is 24.5 Å². The van der Waals surface area contributed by atoms with Crippen LogP contribution in [0.1, 0.15) is 15.9 Å². The van der Waals surface area contributed by atoms with Gasteiger partial charge in [-0.25, -0.2) is 0 Å². The fourth-order valence-corrected chi connectivity index (χ4v) is 2.81. The summed E-state index contributed by atoms with van der Waals surface area (Å²) in [5.41, 5.74) is 1.61. The molecule has 0 bridgehead atoms. The standard InChI is InChI=1S/C19H21NO4/c1-23-13-14-7-9-15(10-8-14)19(22)20-11-17(21)18(12-20)24-16-5-3-2-4-6-16/h2-10,17-18,21H,11-13H2,1H3/t17-,18-/m1/s1. The number of methoxy groups -OCH3 is 1. The zero-order valence-electron chi connectivity index (χ0n) is 13.6. The van der Waals surface area contributed by atoms with Gasteiger partial charge in [0.1, 0.15) is 18.0 Å². The molecule has 0 spiro atoms. The Bertz CT molecular complexity index is 672. The monoisotopic (exact) mass is 327 g/mol. The maximum Gasteiger partial charge on any atom is 0.254 e. The van der Waals surface area contributed by atoms with Crippen molar-refractivity contribution in [3.05, 3.63) is 65.7 Å². The van der Waals surface area contributed by atoms with E-state index in [1.54, 1.807) is 24.1 Å². The fraction of sp³-hybridized carbons (Fsp3) is 0.316. The van der Waals surface area contributed by atoms with Crippen molar-refractivity contribution in [1.29, 1.82) is 0 Å². The van der Waals surface area contributed by atoms with Crippen LogP contribution in [-0.4, -0.2) is 48.3 Å². The average Bonchev–Trinajstić information content (AvgIpc) is 2.97. The molecule has 1 heterocycles. The molecule has 0 radical (unpaired) electrons. The molecule has 1 amide bonds. The second kappa shape index (κ2) is 7.47. The third-order valence-electron chi connectivity index (χ3n) is 4.07. The molecule has 0 unspecified atom stereocenters. The molecular formula is C19H21NO4. The maximum atomic E-state index is 12.6. The molecule has 1 aliphatic heterocycles. The summed E-state index contributed by atoms with van der Waals surface area (Å²) in [6.45, 7) is 1.16. The zero-order valence-corrected chi connectivity index (χ0v) is 13.6. The van der Waals surface area contributed by atoms with Crippen molar-refractivity contribution in [3.63, 3.8) is 0 Å². The Kier molecular flexibility index (Phi) is 5.13. The maximum absolute atomic E-state index is 12.6. The number of hydrogen-bond acceptors (Lipinski definition) is 4. The normalized spacial score (nSPS) is 20.2. The van der Waals surface area contributed by atoms with Crippen LogP contribution >= 0.6 is 0 Å². The third kappa shape index (κ3) is 3.75. The van der Waals surface area contributed by atoms with Gasteiger partial charge in [-0.15, -0.1) is 0 Å². The Balaban J connectivity index is 1.64. The molecule has 1 aliphatic rings. The number of hydrogen-bond donors (Lipinski definition) is 1. The van der Waals surface area contributed by atoms with Gasteiger partial charge in [-0.1, -0.05) is 30.3 Å². The Morgan fingerprint density at radius 1 is 1.12 bits per heavy atom. The molecule has 0 aliphatic carbocycles. The van der Waals surface area contributed by atoms with E-state index in [4.69, 9.17) is 9.47 Å². The number of nitrogens with zero attached hydrogens (tertiary/aromatic N) is 1. The third-order valence-corrected chi connectivity index (χ3v) is 4.07. The van der Waals surface area contributed by atoms with Crippen LogP contribution in [0.25, 0.3) is 0 Å². The number of aliphatic hydroxyl groups is 1. The van der Waals surface area contributed by atoms with Gasteiger partial charge in [-0.05, 0) is 29.8 Å². The van der Waals surface area contributed by atoms with Crippen LogP contribution in [0.4, 0.5) is 0 Å². The van der Waals surface area contributed by atoms with Gasteiger partial charge >= 0.3 is 0 Å². The fourth-order valence-electron chi connectivity index (χ4n) is 2.81. The molecule has 2 aromatic carbocycles. The number of ether oxygens (including phenoxy) is 2. The van der Waals surface area contributed by atoms with Crippen molar-refractivity contribution in [3.8, 4) is 5.75 Å². The van der Waals surface area contributed by atoms with E-state index in [9.17, 15) is 9.90 Å². The lowest BCUT2D eigenvalue weighted by Gasteiger charge is -2.17.